The SMILES string of the molecule is C=C[C@@H]1C[C@]1(CC(=O)[C@@H]1C[C@]2(CC(c3cccc(Cl)c3)=NO2)CN1C(=O)[C@@H](NC(=O)CC1CCOCC1)C(C)(C)C)C(=O)NS(=O)(=S)C1CC1. The van der Waals surface area contributed by atoms with Gasteiger partial charge in [0.05, 0.1) is 29.0 Å². The molecule has 2 N–H and O–H groups in total. The predicted molar refractivity (Wildman–Crippen MR) is 193 cm³/mol. The molecule has 11 nitrogen and oxygen atoms in total. The number of allylic oxidation sites excluding steroid dienone is 1. The number of likely N-dealkylation sites (tertiary alicyclic amines) is 1. The maximum atomic E-state index is 14.7. The molecule has 3 heterocycles. The number of amides is 3. The first-order valence-electron chi connectivity index (χ1n) is 17.5. The molecule has 2 aliphatic carbocycles. The Hall–Kier alpha value is -2.87. The van der Waals surface area contributed by atoms with Crippen molar-refractivity contribution in [2.24, 2.45) is 27.8 Å². The molecule has 0 radical (unpaired) electrons. The van der Waals surface area contributed by atoms with E-state index in [0.717, 1.165) is 18.4 Å². The zero-order chi connectivity index (χ0) is 36.1. The maximum absolute atomic E-state index is 14.7. The van der Waals surface area contributed by atoms with Crippen molar-refractivity contribution in [3.05, 3.63) is 47.5 Å². The van der Waals surface area contributed by atoms with Crippen LogP contribution < -0.4 is 10.0 Å². The lowest BCUT2D eigenvalue weighted by Crippen LogP contribution is -2.57. The largest absolute Gasteiger partial charge is 0.387 e. The normalized spacial score (nSPS) is 29.8. The van der Waals surface area contributed by atoms with Crippen LogP contribution in [0.2, 0.25) is 5.02 Å². The Kier molecular flexibility index (Phi) is 10.3. The molecule has 0 aromatic heterocycles. The van der Waals surface area contributed by atoms with Gasteiger partial charge in [-0.25, -0.2) is 4.21 Å². The lowest BCUT2D eigenvalue weighted by Gasteiger charge is -2.36. The van der Waals surface area contributed by atoms with Crippen LogP contribution in [0.4, 0.5) is 0 Å². The molecule has 0 bridgehead atoms. The van der Waals surface area contributed by atoms with Crippen molar-refractivity contribution in [2.75, 3.05) is 19.8 Å². The zero-order valence-electron chi connectivity index (χ0n) is 28.9. The Morgan fingerprint density at radius 3 is 2.52 bits per heavy atom. The number of Topliss-reactive ketones (excluding diaryl/α,β-unsaturated/α-hetero) is 1. The molecule has 5 aliphatic rings. The highest BCUT2D eigenvalue weighted by atomic mass is 35.5. The van der Waals surface area contributed by atoms with E-state index in [4.69, 9.17) is 32.4 Å². The molecule has 1 aromatic carbocycles. The molecule has 50 heavy (non-hydrogen) atoms. The number of carbonyl (C=O) groups is 4. The van der Waals surface area contributed by atoms with E-state index in [2.05, 4.69) is 21.8 Å². The summed E-state index contributed by atoms with van der Waals surface area (Å²) in [6, 6.07) is 5.36. The Bertz CT molecular complexity index is 1700. The quantitative estimate of drug-likeness (QED) is 0.303. The van der Waals surface area contributed by atoms with Crippen LogP contribution in [0, 0.1) is 22.7 Å². The van der Waals surface area contributed by atoms with E-state index in [1.54, 1.807) is 18.2 Å². The monoisotopic (exact) mass is 746 g/mol. The van der Waals surface area contributed by atoms with E-state index in [1.807, 2.05) is 32.9 Å². The number of hydrogen-bond donors (Lipinski definition) is 2. The summed E-state index contributed by atoms with van der Waals surface area (Å²) < 4.78 is 21.1. The number of ketones is 1. The summed E-state index contributed by atoms with van der Waals surface area (Å²) in [5.41, 5.74) is -1.42. The molecule has 272 valence electrons. The Balaban J connectivity index is 1.26. The molecular weight excluding hydrogens is 700 g/mol. The van der Waals surface area contributed by atoms with Crippen molar-refractivity contribution < 1.29 is 33.0 Å². The summed E-state index contributed by atoms with van der Waals surface area (Å²) in [5, 5.41) is 7.71. The summed E-state index contributed by atoms with van der Waals surface area (Å²) in [6.45, 7) is 10.8. The molecule has 3 aliphatic heterocycles. The lowest BCUT2D eigenvalue weighted by atomic mass is 9.84. The number of carbonyl (C=O) groups excluding carboxylic acids is 4. The van der Waals surface area contributed by atoms with Crippen molar-refractivity contribution in [3.8, 4) is 0 Å². The molecule has 1 unspecified atom stereocenters. The second-order valence-corrected chi connectivity index (χ2v) is 19.7. The number of nitrogens with one attached hydrogen (secondary N) is 2. The average Bonchev–Trinajstić information content (AvgIpc) is 3.97. The van der Waals surface area contributed by atoms with Crippen LogP contribution in [-0.4, -0.2) is 81.0 Å². The van der Waals surface area contributed by atoms with Gasteiger partial charge in [-0.1, -0.05) is 55.7 Å². The molecular formula is C36H47ClN4O7S2. The number of ether oxygens (including phenoxy) is 1. The summed E-state index contributed by atoms with van der Waals surface area (Å²) in [4.78, 5) is 63.8. The van der Waals surface area contributed by atoms with Gasteiger partial charge in [-0.15, -0.1) is 6.58 Å². The Labute approximate surface area is 304 Å². The van der Waals surface area contributed by atoms with E-state index >= 15 is 0 Å². The first-order chi connectivity index (χ1) is 23.6. The number of hydrogen-bond acceptors (Lipinski definition) is 9. The first kappa shape index (κ1) is 36.9. The molecule has 2 saturated heterocycles. The highest BCUT2D eigenvalue weighted by Gasteiger charge is 2.62. The second kappa shape index (κ2) is 13.9. The van der Waals surface area contributed by atoms with Crippen LogP contribution in [0.15, 0.2) is 42.1 Å². The molecule has 1 aromatic rings. The van der Waals surface area contributed by atoms with Crippen molar-refractivity contribution in [1.82, 2.24) is 14.9 Å². The van der Waals surface area contributed by atoms with Crippen molar-refractivity contribution in [1.29, 1.82) is 0 Å². The molecule has 2 saturated carbocycles. The molecule has 4 fully saturated rings. The average molecular weight is 747 g/mol. The third-order valence-electron chi connectivity index (χ3n) is 10.8. The Morgan fingerprint density at radius 1 is 1.18 bits per heavy atom. The molecule has 3 amide bonds. The number of halogens is 1. The number of rotatable bonds is 12. The van der Waals surface area contributed by atoms with E-state index in [0.29, 0.717) is 49.6 Å². The van der Waals surface area contributed by atoms with Gasteiger partial charge in [0.2, 0.25) is 17.7 Å². The topological polar surface area (TPSA) is 143 Å². The van der Waals surface area contributed by atoms with E-state index in [1.165, 1.54) is 4.90 Å². The van der Waals surface area contributed by atoms with Gasteiger partial charge in [0.1, 0.15) is 14.7 Å². The van der Waals surface area contributed by atoms with E-state index < -0.39 is 49.0 Å². The standard InChI is InChI=1S/C36H47ClN4O7S2/c1-5-24-17-36(24,33(45)40-50(46,49)26-9-10-26)20-29(42)28-19-35(18-27(39-48-35)23-7-6-8-25(37)16-23)21-41(28)32(44)31(34(2,3)4)38-30(43)15-22-11-13-47-14-12-22/h5-8,16,22,24,26,28,31H,1,9-15,17-21H2,2-4H3,(H,38,43)(H,40,45)/t24-,28+,31-,35-,36-,50?/m1/s1. The van der Waals surface area contributed by atoms with Gasteiger partial charge < -0.3 is 19.8 Å². The minimum absolute atomic E-state index is 0.0595. The van der Waals surface area contributed by atoms with Crippen LogP contribution in [0.25, 0.3) is 0 Å². The van der Waals surface area contributed by atoms with Gasteiger partial charge >= 0.3 is 0 Å². The third kappa shape index (κ3) is 7.80. The lowest BCUT2D eigenvalue weighted by molar-refractivity contribution is -0.144. The van der Waals surface area contributed by atoms with Crippen molar-refractivity contribution in [2.45, 2.75) is 101 Å². The van der Waals surface area contributed by atoms with Gasteiger partial charge in [0.25, 0.3) is 0 Å². The van der Waals surface area contributed by atoms with E-state index in [-0.39, 0.29) is 54.6 Å². The summed E-state index contributed by atoms with van der Waals surface area (Å²) >= 11 is 11.5. The van der Waals surface area contributed by atoms with Gasteiger partial charge in [0.15, 0.2) is 11.4 Å². The molecule has 6 rings (SSSR count). The second-order valence-electron chi connectivity index (χ2n) is 15.8. The third-order valence-corrected chi connectivity index (χ3v) is 14.0. The van der Waals surface area contributed by atoms with Gasteiger partial charge in [-0.3, -0.25) is 23.9 Å². The maximum Gasteiger partial charge on any atom is 0.246 e. The molecule has 6 atom stereocenters. The van der Waals surface area contributed by atoms with Crippen molar-refractivity contribution >= 4 is 60.7 Å². The van der Waals surface area contributed by atoms with E-state index in [9.17, 15) is 23.4 Å². The number of nitrogens with zero attached hydrogens (tertiary/aromatic N) is 2. The van der Waals surface area contributed by atoms with Gasteiger partial charge in [-0.2, -0.15) is 0 Å². The first-order valence-corrected chi connectivity index (χ1v) is 20.4. The highest BCUT2D eigenvalue weighted by molar-refractivity contribution is 8.32. The van der Waals surface area contributed by atoms with Gasteiger partial charge in [0, 0.05) is 60.7 Å². The molecule has 1 spiro atoms. The summed E-state index contributed by atoms with van der Waals surface area (Å²) in [6.07, 6.45) is 5.52. The predicted octanol–water partition coefficient (Wildman–Crippen LogP) is 4.24. The zero-order valence-corrected chi connectivity index (χ0v) is 31.3. The van der Waals surface area contributed by atoms with Crippen LogP contribution in [0.5, 0.6) is 0 Å². The van der Waals surface area contributed by atoms with Gasteiger partial charge in [-0.05, 0) is 61.5 Å². The summed E-state index contributed by atoms with van der Waals surface area (Å²) in [5.74, 6) is -1.59. The summed E-state index contributed by atoms with van der Waals surface area (Å²) in [7, 11) is -3.01. The highest BCUT2D eigenvalue weighted by Crippen LogP contribution is 2.57. The fraction of sp³-hybridized carbons (Fsp3) is 0.639. The molecule has 14 heteroatoms. The number of oxime groups is 1. The van der Waals surface area contributed by atoms with Crippen LogP contribution in [-0.2, 0) is 48.6 Å². The minimum Gasteiger partial charge on any atom is -0.387 e. The Morgan fingerprint density at radius 2 is 1.90 bits per heavy atom. The fourth-order valence-corrected chi connectivity index (χ4v) is 9.94. The smallest absolute Gasteiger partial charge is 0.246 e. The number of benzene rings is 1. The fourth-order valence-electron chi connectivity index (χ4n) is 7.56. The van der Waals surface area contributed by atoms with Crippen molar-refractivity contribution in [3.63, 3.8) is 0 Å². The van der Waals surface area contributed by atoms with Crippen LogP contribution in [0.3, 0.4) is 0 Å². The van der Waals surface area contributed by atoms with Crippen LogP contribution >= 0.6 is 11.6 Å². The van der Waals surface area contributed by atoms with Crippen LogP contribution in [0.1, 0.15) is 84.1 Å². The minimum atomic E-state index is -3.01.